The summed E-state index contributed by atoms with van der Waals surface area (Å²) in [6, 6.07) is 7.71. The van der Waals surface area contributed by atoms with Crippen LogP contribution in [0.4, 0.5) is 5.69 Å². The molecule has 0 spiro atoms. The Hall–Kier alpha value is -1.52. The average Bonchev–Trinajstić information content (AvgIpc) is 2.67. The minimum Gasteiger partial charge on any atom is -0.382 e. The van der Waals surface area contributed by atoms with Crippen LogP contribution in [0, 0.1) is 13.8 Å². The van der Waals surface area contributed by atoms with Crippen molar-refractivity contribution in [1.82, 2.24) is 9.78 Å². The molecule has 0 saturated carbocycles. The summed E-state index contributed by atoms with van der Waals surface area (Å²) in [5.74, 6) is 0. The monoisotopic (exact) mass is 278 g/mol. The number of halogens is 1. The Labute approximate surface area is 118 Å². The average molecular weight is 279 g/mol. The number of aryl methyl sites for hydroxylation is 1. The molecule has 0 atom stereocenters. The Bertz CT molecular complexity index is 563. The van der Waals surface area contributed by atoms with Crippen molar-refractivity contribution in [2.75, 3.05) is 18.4 Å². The molecule has 2 aromatic rings. The van der Waals surface area contributed by atoms with E-state index in [9.17, 15) is 0 Å². The van der Waals surface area contributed by atoms with E-state index >= 15 is 0 Å². The van der Waals surface area contributed by atoms with E-state index in [1.807, 2.05) is 42.8 Å². The predicted octanol–water partition coefficient (Wildman–Crippen LogP) is 2.90. The van der Waals surface area contributed by atoms with E-state index in [0.717, 1.165) is 35.7 Å². The highest BCUT2D eigenvalue weighted by Gasteiger charge is 2.13. The smallest absolute Gasteiger partial charge is 0.0835 e. The van der Waals surface area contributed by atoms with Gasteiger partial charge in [-0.1, -0.05) is 23.7 Å². The third-order valence-corrected chi connectivity index (χ3v) is 3.37. The molecule has 0 aliphatic carbocycles. The maximum Gasteiger partial charge on any atom is 0.0835 e. The number of nitrogens with one attached hydrogen (secondary N) is 1. The lowest BCUT2D eigenvalue weighted by atomic mass is 10.3. The quantitative estimate of drug-likeness (QED) is 0.827. The lowest BCUT2D eigenvalue weighted by molar-refractivity contribution is 0.833. The van der Waals surface area contributed by atoms with E-state index in [-0.39, 0.29) is 0 Å². The fraction of sp³-hybridized carbons (Fsp3) is 0.357. The molecule has 0 amide bonds. The number of hydrogen-bond acceptors (Lipinski definition) is 3. The molecule has 102 valence electrons. The molecule has 4 nitrogen and oxygen atoms in total. The van der Waals surface area contributed by atoms with Gasteiger partial charge in [0.25, 0.3) is 0 Å². The molecule has 5 heteroatoms. The molecule has 1 aromatic carbocycles. The summed E-state index contributed by atoms with van der Waals surface area (Å²) in [4.78, 5) is 0. The summed E-state index contributed by atoms with van der Waals surface area (Å²) in [5.41, 5.74) is 9.49. The molecule has 0 aliphatic rings. The number of nitrogens with two attached hydrogens (primary N) is 1. The van der Waals surface area contributed by atoms with E-state index in [2.05, 4.69) is 10.4 Å². The second kappa shape index (κ2) is 6.08. The SMILES string of the molecule is Cc1nn(-c2ccccc2Cl)c(C)c1NCCCN. The van der Waals surface area contributed by atoms with Crippen LogP contribution in [0.3, 0.4) is 0 Å². The molecule has 0 aliphatic heterocycles. The summed E-state index contributed by atoms with van der Waals surface area (Å²) >= 11 is 6.22. The van der Waals surface area contributed by atoms with Crippen LogP contribution >= 0.6 is 11.6 Å². The van der Waals surface area contributed by atoms with Crippen LogP contribution in [-0.4, -0.2) is 22.9 Å². The minimum atomic E-state index is 0.684. The normalized spacial score (nSPS) is 10.7. The molecule has 0 saturated heterocycles. The lowest BCUT2D eigenvalue weighted by Gasteiger charge is -2.08. The summed E-state index contributed by atoms with van der Waals surface area (Å²) in [6.07, 6.45) is 0.941. The third-order valence-electron chi connectivity index (χ3n) is 3.05. The topological polar surface area (TPSA) is 55.9 Å². The van der Waals surface area contributed by atoms with Gasteiger partial charge < -0.3 is 11.1 Å². The van der Waals surface area contributed by atoms with Crippen molar-refractivity contribution in [2.24, 2.45) is 5.73 Å². The Morgan fingerprint density at radius 1 is 1.32 bits per heavy atom. The van der Waals surface area contributed by atoms with E-state index in [1.165, 1.54) is 0 Å². The zero-order valence-electron chi connectivity index (χ0n) is 11.3. The van der Waals surface area contributed by atoms with Crippen LogP contribution in [0.25, 0.3) is 5.69 Å². The van der Waals surface area contributed by atoms with Gasteiger partial charge in [0, 0.05) is 6.54 Å². The number of anilines is 1. The number of nitrogens with zero attached hydrogens (tertiary/aromatic N) is 2. The minimum absolute atomic E-state index is 0.684. The van der Waals surface area contributed by atoms with Crippen LogP contribution in [0.15, 0.2) is 24.3 Å². The Balaban J connectivity index is 2.33. The van der Waals surface area contributed by atoms with Gasteiger partial charge in [-0.15, -0.1) is 0 Å². The third kappa shape index (κ3) is 2.91. The number of hydrogen-bond donors (Lipinski definition) is 2. The number of para-hydroxylation sites is 1. The van der Waals surface area contributed by atoms with Gasteiger partial charge in [0.1, 0.15) is 0 Å². The van der Waals surface area contributed by atoms with Gasteiger partial charge in [0.15, 0.2) is 0 Å². The van der Waals surface area contributed by atoms with E-state index in [0.29, 0.717) is 11.6 Å². The summed E-state index contributed by atoms with van der Waals surface area (Å²) < 4.78 is 1.88. The van der Waals surface area contributed by atoms with Crippen LogP contribution in [0.5, 0.6) is 0 Å². The van der Waals surface area contributed by atoms with Crippen molar-refractivity contribution in [3.63, 3.8) is 0 Å². The zero-order valence-corrected chi connectivity index (χ0v) is 12.0. The summed E-state index contributed by atoms with van der Waals surface area (Å²) in [5, 5.41) is 8.64. The number of benzene rings is 1. The van der Waals surface area contributed by atoms with E-state index < -0.39 is 0 Å². The first kappa shape index (κ1) is 13.9. The summed E-state index contributed by atoms with van der Waals surface area (Å²) in [7, 11) is 0. The Morgan fingerprint density at radius 2 is 2.05 bits per heavy atom. The van der Waals surface area contributed by atoms with Crippen molar-refractivity contribution in [2.45, 2.75) is 20.3 Å². The van der Waals surface area contributed by atoms with Crippen molar-refractivity contribution < 1.29 is 0 Å². The first-order valence-corrected chi connectivity index (χ1v) is 6.78. The van der Waals surface area contributed by atoms with Crippen LogP contribution in [-0.2, 0) is 0 Å². The molecular formula is C14H19ClN4. The van der Waals surface area contributed by atoms with E-state index in [4.69, 9.17) is 17.3 Å². The highest BCUT2D eigenvalue weighted by Crippen LogP contribution is 2.26. The lowest BCUT2D eigenvalue weighted by Crippen LogP contribution is -2.09. The van der Waals surface area contributed by atoms with Crippen molar-refractivity contribution in [1.29, 1.82) is 0 Å². The number of rotatable bonds is 5. The molecule has 1 aromatic heterocycles. The molecule has 3 N–H and O–H groups in total. The van der Waals surface area contributed by atoms with Gasteiger partial charge in [-0.05, 0) is 38.9 Å². The second-order valence-electron chi connectivity index (χ2n) is 4.48. The van der Waals surface area contributed by atoms with Gasteiger partial charge in [-0.3, -0.25) is 0 Å². The molecule has 2 rings (SSSR count). The standard InChI is InChI=1S/C14H19ClN4/c1-10-14(17-9-5-8-16)11(2)19(18-10)13-7-4-3-6-12(13)15/h3-4,6-7,17H,5,8-9,16H2,1-2H3. The van der Waals surface area contributed by atoms with Crippen LogP contribution in [0.2, 0.25) is 5.02 Å². The molecular weight excluding hydrogens is 260 g/mol. The fourth-order valence-electron chi connectivity index (χ4n) is 2.07. The first-order chi connectivity index (χ1) is 9.15. The van der Waals surface area contributed by atoms with Crippen LogP contribution in [0.1, 0.15) is 17.8 Å². The Kier molecular flexibility index (Phi) is 4.45. The summed E-state index contributed by atoms with van der Waals surface area (Å²) in [6.45, 7) is 5.56. The molecule has 0 radical (unpaired) electrons. The maximum atomic E-state index is 6.22. The van der Waals surface area contributed by atoms with Gasteiger partial charge in [-0.25, -0.2) is 4.68 Å². The van der Waals surface area contributed by atoms with Gasteiger partial charge in [0.05, 0.1) is 27.8 Å². The molecule has 1 heterocycles. The van der Waals surface area contributed by atoms with Gasteiger partial charge >= 0.3 is 0 Å². The molecule has 0 fully saturated rings. The fourth-order valence-corrected chi connectivity index (χ4v) is 2.29. The second-order valence-corrected chi connectivity index (χ2v) is 4.89. The van der Waals surface area contributed by atoms with Crippen LogP contribution < -0.4 is 11.1 Å². The maximum absolute atomic E-state index is 6.22. The van der Waals surface area contributed by atoms with Crippen molar-refractivity contribution in [3.8, 4) is 5.69 Å². The number of aromatic nitrogens is 2. The predicted molar refractivity (Wildman–Crippen MR) is 80.2 cm³/mol. The largest absolute Gasteiger partial charge is 0.382 e. The highest BCUT2D eigenvalue weighted by molar-refractivity contribution is 6.32. The molecule has 0 unspecified atom stereocenters. The highest BCUT2D eigenvalue weighted by atomic mass is 35.5. The Morgan fingerprint density at radius 3 is 2.74 bits per heavy atom. The zero-order chi connectivity index (χ0) is 13.8. The van der Waals surface area contributed by atoms with Crippen molar-refractivity contribution in [3.05, 3.63) is 40.7 Å². The van der Waals surface area contributed by atoms with E-state index in [1.54, 1.807) is 0 Å². The first-order valence-electron chi connectivity index (χ1n) is 6.40. The van der Waals surface area contributed by atoms with Crippen molar-refractivity contribution >= 4 is 17.3 Å². The molecule has 0 bridgehead atoms. The van der Waals surface area contributed by atoms with Gasteiger partial charge in [0.2, 0.25) is 0 Å². The molecule has 19 heavy (non-hydrogen) atoms. The van der Waals surface area contributed by atoms with Gasteiger partial charge in [-0.2, -0.15) is 5.10 Å².